The second kappa shape index (κ2) is 6.62. The molecule has 25 heavy (non-hydrogen) atoms. The van der Waals surface area contributed by atoms with E-state index in [9.17, 15) is 4.79 Å². The molecule has 2 N–H and O–H groups in total. The number of fused-ring (bicyclic) bond motifs is 1. The molecule has 3 aromatic rings. The van der Waals surface area contributed by atoms with Gasteiger partial charge in [-0.3, -0.25) is 0 Å². The van der Waals surface area contributed by atoms with Crippen LogP contribution < -0.4 is 10.5 Å². The smallest absolute Gasteiger partial charge is 0.315 e. The van der Waals surface area contributed by atoms with Gasteiger partial charge in [0.2, 0.25) is 0 Å². The number of primary amides is 1. The van der Waals surface area contributed by atoms with E-state index in [1.807, 2.05) is 6.07 Å². The Hall–Kier alpha value is -2.16. The second-order valence-corrected chi connectivity index (χ2v) is 7.49. The topological polar surface area (TPSA) is 77.7 Å². The number of thiophene rings is 1. The molecule has 0 spiro atoms. The number of nitrogens with zero attached hydrogens (tertiary/aromatic N) is 2. The van der Waals surface area contributed by atoms with Crippen molar-refractivity contribution in [3.8, 4) is 16.9 Å². The van der Waals surface area contributed by atoms with Gasteiger partial charge in [-0.1, -0.05) is 0 Å². The fourth-order valence-electron chi connectivity index (χ4n) is 3.02. The average molecular weight is 375 g/mol. The summed E-state index contributed by atoms with van der Waals surface area (Å²) in [7, 11) is 1.64. The number of aromatic nitrogens is 1. The summed E-state index contributed by atoms with van der Waals surface area (Å²) in [6, 6.07) is 5.36. The number of carbonyl (C=O) groups excluding carboxylic acids is 1. The van der Waals surface area contributed by atoms with Gasteiger partial charge in [0.15, 0.2) is 0 Å². The zero-order valence-corrected chi connectivity index (χ0v) is 15.2. The highest BCUT2D eigenvalue weighted by Gasteiger charge is 2.30. The molecule has 3 heterocycles. The molecule has 0 bridgehead atoms. The lowest BCUT2D eigenvalue weighted by Gasteiger charge is -2.32. The van der Waals surface area contributed by atoms with Gasteiger partial charge < -0.3 is 20.1 Å². The molecule has 1 fully saturated rings. The summed E-state index contributed by atoms with van der Waals surface area (Å²) in [5.41, 5.74) is 8.61. The number of thiazole rings is 1. The van der Waals surface area contributed by atoms with Crippen LogP contribution >= 0.6 is 22.7 Å². The normalized spacial score (nSPS) is 17.8. The van der Waals surface area contributed by atoms with E-state index in [0.29, 0.717) is 19.8 Å². The monoisotopic (exact) mass is 375 g/mol. The van der Waals surface area contributed by atoms with Crippen molar-refractivity contribution in [2.45, 2.75) is 6.04 Å². The Morgan fingerprint density at radius 2 is 2.32 bits per heavy atom. The quantitative estimate of drug-likeness (QED) is 0.760. The van der Waals surface area contributed by atoms with Crippen molar-refractivity contribution in [3.05, 3.63) is 34.0 Å². The molecule has 2 amide bonds. The van der Waals surface area contributed by atoms with Crippen molar-refractivity contribution in [2.75, 3.05) is 26.9 Å². The predicted molar refractivity (Wildman–Crippen MR) is 99.3 cm³/mol. The largest absolute Gasteiger partial charge is 0.494 e. The van der Waals surface area contributed by atoms with E-state index in [-0.39, 0.29) is 6.04 Å². The number of hydrogen-bond donors (Lipinski definition) is 1. The Labute approximate surface area is 152 Å². The molecule has 1 aliphatic rings. The maximum absolute atomic E-state index is 11.8. The van der Waals surface area contributed by atoms with Gasteiger partial charge >= 0.3 is 6.03 Å². The molecule has 0 saturated carbocycles. The second-order valence-electron chi connectivity index (χ2n) is 5.68. The molecule has 1 unspecified atom stereocenters. The van der Waals surface area contributed by atoms with Crippen molar-refractivity contribution in [2.24, 2.45) is 5.73 Å². The van der Waals surface area contributed by atoms with Crippen molar-refractivity contribution >= 4 is 38.9 Å². The Morgan fingerprint density at radius 1 is 1.44 bits per heavy atom. The number of amides is 2. The van der Waals surface area contributed by atoms with Crippen LogP contribution in [-0.2, 0) is 4.74 Å². The Balaban J connectivity index is 1.86. The van der Waals surface area contributed by atoms with Gasteiger partial charge in [0.1, 0.15) is 22.3 Å². The first-order chi connectivity index (χ1) is 12.2. The molecule has 0 aliphatic carbocycles. The summed E-state index contributed by atoms with van der Waals surface area (Å²) in [6.45, 7) is 1.37. The van der Waals surface area contributed by atoms with Crippen molar-refractivity contribution in [1.82, 2.24) is 9.88 Å². The molecule has 1 aromatic carbocycles. The van der Waals surface area contributed by atoms with Crippen LogP contribution in [0.2, 0.25) is 0 Å². The molecule has 1 saturated heterocycles. The number of rotatable bonds is 3. The third-order valence-electron chi connectivity index (χ3n) is 4.27. The van der Waals surface area contributed by atoms with E-state index in [0.717, 1.165) is 32.1 Å². The zero-order valence-electron chi connectivity index (χ0n) is 13.6. The molecule has 1 atom stereocenters. The highest BCUT2D eigenvalue weighted by Crippen LogP contribution is 2.41. The minimum Gasteiger partial charge on any atom is -0.494 e. The maximum atomic E-state index is 11.8. The van der Waals surface area contributed by atoms with Crippen LogP contribution in [0.5, 0.6) is 5.75 Å². The van der Waals surface area contributed by atoms with Gasteiger partial charge in [-0.25, -0.2) is 9.78 Å². The van der Waals surface area contributed by atoms with Crippen LogP contribution in [0.1, 0.15) is 11.0 Å². The number of morpholine rings is 1. The number of urea groups is 1. The third-order valence-corrected chi connectivity index (χ3v) is 6.14. The SMILES string of the molecule is COc1ccc(-c2ccsc2)c2sc(C3COCCN3C(N)=O)nc12. The number of nitrogens with two attached hydrogens (primary N) is 1. The Bertz CT molecular complexity index is 907. The molecule has 2 aromatic heterocycles. The van der Waals surface area contributed by atoms with Crippen LogP contribution in [0.15, 0.2) is 29.0 Å². The fourth-order valence-corrected chi connectivity index (χ4v) is 4.90. The number of hydrogen-bond acceptors (Lipinski definition) is 6. The summed E-state index contributed by atoms with van der Waals surface area (Å²) in [5, 5.41) is 4.98. The van der Waals surface area contributed by atoms with E-state index in [1.165, 1.54) is 0 Å². The van der Waals surface area contributed by atoms with Crippen molar-refractivity contribution < 1.29 is 14.3 Å². The van der Waals surface area contributed by atoms with Crippen molar-refractivity contribution in [1.29, 1.82) is 0 Å². The van der Waals surface area contributed by atoms with Gasteiger partial charge in [0.25, 0.3) is 0 Å². The van der Waals surface area contributed by atoms with Crippen LogP contribution in [0, 0.1) is 0 Å². The third kappa shape index (κ3) is 2.86. The average Bonchev–Trinajstić information content (AvgIpc) is 3.30. The minimum atomic E-state index is -0.447. The van der Waals surface area contributed by atoms with Crippen molar-refractivity contribution in [3.63, 3.8) is 0 Å². The molecule has 130 valence electrons. The lowest BCUT2D eigenvalue weighted by Crippen LogP contribution is -2.45. The minimum absolute atomic E-state index is 0.260. The summed E-state index contributed by atoms with van der Waals surface area (Å²) in [6.07, 6.45) is 0. The van der Waals surface area contributed by atoms with Gasteiger partial charge in [-0.2, -0.15) is 11.3 Å². The van der Waals surface area contributed by atoms with E-state index in [2.05, 4.69) is 22.9 Å². The first-order valence-corrected chi connectivity index (χ1v) is 9.59. The lowest BCUT2D eigenvalue weighted by atomic mass is 10.1. The number of ether oxygens (including phenoxy) is 2. The first-order valence-electron chi connectivity index (χ1n) is 7.83. The standard InChI is InChI=1S/C17H17N3O3S2/c1-22-13-3-2-11(10-4-7-24-9-10)15-14(13)19-16(25-15)12-8-23-6-5-20(12)17(18)21/h2-4,7,9,12H,5-6,8H2,1H3,(H2,18,21). The molecule has 4 rings (SSSR count). The van der Waals surface area contributed by atoms with Gasteiger partial charge in [0.05, 0.1) is 25.0 Å². The van der Waals surface area contributed by atoms with E-state index in [4.69, 9.17) is 20.2 Å². The van der Waals surface area contributed by atoms with Crippen LogP contribution in [0.3, 0.4) is 0 Å². The Kier molecular flexibility index (Phi) is 4.32. The maximum Gasteiger partial charge on any atom is 0.315 e. The highest BCUT2D eigenvalue weighted by molar-refractivity contribution is 7.19. The van der Waals surface area contributed by atoms with E-state index in [1.54, 1.807) is 34.7 Å². The number of benzene rings is 1. The molecule has 8 heteroatoms. The molecular formula is C17H17N3O3S2. The summed E-state index contributed by atoms with van der Waals surface area (Å²) in [5.74, 6) is 0.721. The van der Waals surface area contributed by atoms with E-state index >= 15 is 0 Å². The predicted octanol–water partition coefficient (Wildman–Crippen LogP) is 3.49. The number of methoxy groups -OCH3 is 1. The van der Waals surface area contributed by atoms with Gasteiger partial charge in [-0.05, 0) is 34.5 Å². The van der Waals surface area contributed by atoms with E-state index < -0.39 is 6.03 Å². The number of carbonyl (C=O) groups is 1. The molecule has 6 nitrogen and oxygen atoms in total. The molecular weight excluding hydrogens is 358 g/mol. The Morgan fingerprint density at radius 3 is 3.04 bits per heavy atom. The highest BCUT2D eigenvalue weighted by atomic mass is 32.1. The lowest BCUT2D eigenvalue weighted by molar-refractivity contribution is 0.0137. The molecule has 1 aliphatic heterocycles. The fraction of sp³-hybridized carbons (Fsp3) is 0.294. The van der Waals surface area contributed by atoms with Gasteiger partial charge in [-0.15, -0.1) is 11.3 Å². The van der Waals surface area contributed by atoms with Gasteiger partial charge in [0, 0.05) is 12.1 Å². The summed E-state index contributed by atoms with van der Waals surface area (Å²) >= 11 is 3.22. The zero-order chi connectivity index (χ0) is 17.4. The first kappa shape index (κ1) is 16.3. The summed E-state index contributed by atoms with van der Waals surface area (Å²) < 4.78 is 12.1. The van der Waals surface area contributed by atoms with Crippen LogP contribution in [-0.4, -0.2) is 42.8 Å². The van der Waals surface area contributed by atoms with Crippen LogP contribution in [0.4, 0.5) is 4.79 Å². The van der Waals surface area contributed by atoms with Crippen LogP contribution in [0.25, 0.3) is 21.3 Å². The molecule has 0 radical (unpaired) electrons. The summed E-state index contributed by atoms with van der Waals surface area (Å²) in [4.78, 5) is 18.2.